The molecule has 0 atom stereocenters. The lowest BCUT2D eigenvalue weighted by Crippen LogP contribution is -2.09. The van der Waals surface area contributed by atoms with Gasteiger partial charge in [-0.05, 0) is 43.4 Å². The minimum Gasteiger partial charge on any atom is -0.507 e. The number of rotatable bonds is 4. The Labute approximate surface area is 132 Å². The Morgan fingerprint density at radius 3 is 2.50 bits per heavy atom. The van der Waals surface area contributed by atoms with E-state index in [-0.39, 0.29) is 11.7 Å². The second-order valence-electron chi connectivity index (χ2n) is 5.81. The van der Waals surface area contributed by atoms with Crippen LogP contribution in [-0.4, -0.2) is 18.2 Å². The van der Waals surface area contributed by atoms with Gasteiger partial charge in [0.2, 0.25) is 0 Å². The van der Waals surface area contributed by atoms with E-state index in [9.17, 15) is 9.90 Å². The zero-order chi connectivity index (χ0) is 15.9. The van der Waals surface area contributed by atoms with Gasteiger partial charge in [0, 0.05) is 11.6 Å². The summed E-state index contributed by atoms with van der Waals surface area (Å²) >= 11 is 0. The van der Waals surface area contributed by atoms with Crippen molar-refractivity contribution in [3.05, 3.63) is 47.6 Å². The first-order valence-corrected chi connectivity index (χ1v) is 7.88. The van der Waals surface area contributed by atoms with Crippen molar-refractivity contribution in [2.75, 3.05) is 7.11 Å². The maximum absolute atomic E-state index is 11.4. The van der Waals surface area contributed by atoms with Gasteiger partial charge in [-0.2, -0.15) is 0 Å². The van der Waals surface area contributed by atoms with Crippen molar-refractivity contribution in [1.82, 2.24) is 0 Å². The summed E-state index contributed by atoms with van der Waals surface area (Å²) < 4.78 is 4.68. The van der Waals surface area contributed by atoms with Gasteiger partial charge in [-0.25, -0.2) is 4.79 Å². The minimum absolute atomic E-state index is 0.238. The Bertz CT molecular complexity index is 578. The number of para-hydroxylation sites is 1. The number of phenolic OH excluding ortho intramolecular Hbond substituents is 1. The molecule has 0 aliphatic heterocycles. The standard InChI is InChI=1S/C19H24O3/c1-14(15-8-4-3-5-9-15)16(12-13-19(21)22-2)17-10-6-7-11-18(17)20/h6-7,10-13,15,20H,3-5,8-9H2,1-2H3/b13-12+,16-14+. The fourth-order valence-corrected chi connectivity index (χ4v) is 3.11. The van der Waals surface area contributed by atoms with Gasteiger partial charge < -0.3 is 9.84 Å². The number of allylic oxidation sites excluding steroid dienone is 3. The molecule has 0 radical (unpaired) electrons. The molecule has 0 amide bonds. The smallest absolute Gasteiger partial charge is 0.330 e. The number of ether oxygens (including phenoxy) is 1. The zero-order valence-electron chi connectivity index (χ0n) is 13.3. The number of phenols is 1. The van der Waals surface area contributed by atoms with Crippen LogP contribution in [0.5, 0.6) is 5.75 Å². The van der Waals surface area contributed by atoms with Crippen molar-refractivity contribution < 1.29 is 14.6 Å². The molecule has 0 unspecified atom stereocenters. The van der Waals surface area contributed by atoms with E-state index in [4.69, 9.17) is 0 Å². The number of methoxy groups -OCH3 is 1. The van der Waals surface area contributed by atoms with Crippen molar-refractivity contribution in [3.8, 4) is 5.75 Å². The molecule has 0 spiro atoms. The van der Waals surface area contributed by atoms with Gasteiger partial charge in [-0.1, -0.05) is 43.0 Å². The molecule has 0 heterocycles. The van der Waals surface area contributed by atoms with E-state index in [1.165, 1.54) is 50.9 Å². The van der Waals surface area contributed by atoms with Gasteiger partial charge in [0.15, 0.2) is 0 Å². The Balaban J connectivity index is 2.42. The maximum Gasteiger partial charge on any atom is 0.330 e. The quantitative estimate of drug-likeness (QED) is 0.507. The van der Waals surface area contributed by atoms with Crippen LogP contribution < -0.4 is 0 Å². The molecule has 1 aliphatic rings. The van der Waals surface area contributed by atoms with Crippen LogP contribution >= 0.6 is 0 Å². The number of aromatic hydroxyl groups is 1. The van der Waals surface area contributed by atoms with E-state index >= 15 is 0 Å². The number of carbonyl (C=O) groups is 1. The maximum atomic E-state index is 11.4. The molecule has 0 aromatic heterocycles. The summed E-state index contributed by atoms with van der Waals surface area (Å²) in [6, 6.07) is 7.26. The highest BCUT2D eigenvalue weighted by Crippen LogP contribution is 2.36. The van der Waals surface area contributed by atoms with Crippen molar-refractivity contribution >= 4 is 11.5 Å². The average Bonchev–Trinajstić information content (AvgIpc) is 2.56. The van der Waals surface area contributed by atoms with Crippen LogP contribution in [0.4, 0.5) is 0 Å². The van der Waals surface area contributed by atoms with Gasteiger partial charge in [0.05, 0.1) is 7.11 Å². The van der Waals surface area contributed by atoms with E-state index in [0.717, 1.165) is 11.1 Å². The summed E-state index contributed by atoms with van der Waals surface area (Å²) in [5.74, 6) is 0.372. The first kappa shape index (κ1) is 16.3. The summed E-state index contributed by atoms with van der Waals surface area (Å²) in [4.78, 5) is 11.4. The van der Waals surface area contributed by atoms with Gasteiger partial charge in [-0.15, -0.1) is 0 Å². The molecule has 3 nitrogen and oxygen atoms in total. The predicted octanol–water partition coefficient (Wildman–Crippen LogP) is 4.48. The highest BCUT2D eigenvalue weighted by atomic mass is 16.5. The van der Waals surface area contributed by atoms with Crippen LogP contribution in [0.25, 0.3) is 5.57 Å². The molecular formula is C19H24O3. The van der Waals surface area contributed by atoms with Crippen LogP contribution in [-0.2, 0) is 9.53 Å². The fourth-order valence-electron chi connectivity index (χ4n) is 3.11. The molecule has 3 heteroatoms. The predicted molar refractivity (Wildman–Crippen MR) is 88.4 cm³/mol. The van der Waals surface area contributed by atoms with Crippen molar-refractivity contribution in [2.24, 2.45) is 5.92 Å². The second-order valence-corrected chi connectivity index (χ2v) is 5.81. The number of benzene rings is 1. The molecule has 22 heavy (non-hydrogen) atoms. The second kappa shape index (κ2) is 7.83. The molecule has 1 aromatic carbocycles. The highest BCUT2D eigenvalue weighted by molar-refractivity contribution is 5.88. The lowest BCUT2D eigenvalue weighted by Gasteiger charge is -2.24. The van der Waals surface area contributed by atoms with E-state index in [0.29, 0.717) is 5.92 Å². The van der Waals surface area contributed by atoms with Gasteiger partial charge >= 0.3 is 5.97 Å². The molecular weight excluding hydrogens is 276 g/mol. The summed E-state index contributed by atoms with van der Waals surface area (Å²) in [6.45, 7) is 2.11. The molecule has 1 aliphatic carbocycles. The number of hydrogen-bond acceptors (Lipinski definition) is 3. The number of carbonyl (C=O) groups excluding carboxylic acids is 1. The topological polar surface area (TPSA) is 46.5 Å². The van der Waals surface area contributed by atoms with Crippen LogP contribution in [0.1, 0.15) is 44.6 Å². The monoisotopic (exact) mass is 300 g/mol. The molecule has 0 saturated heterocycles. The fraction of sp³-hybridized carbons (Fsp3) is 0.421. The summed E-state index contributed by atoms with van der Waals surface area (Å²) in [7, 11) is 1.37. The molecule has 118 valence electrons. The van der Waals surface area contributed by atoms with Crippen molar-refractivity contribution in [3.63, 3.8) is 0 Å². The number of esters is 1. The van der Waals surface area contributed by atoms with Crippen LogP contribution in [0.2, 0.25) is 0 Å². The van der Waals surface area contributed by atoms with Crippen molar-refractivity contribution in [2.45, 2.75) is 39.0 Å². The molecule has 0 bridgehead atoms. The van der Waals surface area contributed by atoms with E-state index in [1.807, 2.05) is 12.1 Å². The lowest BCUT2D eigenvalue weighted by atomic mass is 9.81. The van der Waals surface area contributed by atoms with Gasteiger partial charge in [0.25, 0.3) is 0 Å². The number of hydrogen-bond donors (Lipinski definition) is 1. The SMILES string of the molecule is COC(=O)/C=C/C(=C(/C)C1CCCCC1)c1ccccc1O. The Morgan fingerprint density at radius 1 is 1.18 bits per heavy atom. The summed E-state index contributed by atoms with van der Waals surface area (Å²) in [5, 5.41) is 10.2. The highest BCUT2D eigenvalue weighted by Gasteiger charge is 2.19. The van der Waals surface area contributed by atoms with Gasteiger partial charge in [0.1, 0.15) is 5.75 Å². The first-order chi connectivity index (χ1) is 10.6. The average molecular weight is 300 g/mol. The van der Waals surface area contributed by atoms with Crippen LogP contribution in [0, 0.1) is 5.92 Å². The first-order valence-electron chi connectivity index (χ1n) is 7.88. The van der Waals surface area contributed by atoms with Crippen molar-refractivity contribution in [1.29, 1.82) is 0 Å². The third-order valence-corrected chi connectivity index (χ3v) is 4.42. The van der Waals surface area contributed by atoms with E-state index < -0.39 is 0 Å². The Kier molecular flexibility index (Phi) is 5.82. The normalized spacial score (nSPS) is 17.4. The third kappa shape index (κ3) is 4.00. The summed E-state index contributed by atoms with van der Waals surface area (Å²) in [5.41, 5.74) is 2.93. The van der Waals surface area contributed by atoms with E-state index in [2.05, 4.69) is 11.7 Å². The lowest BCUT2D eigenvalue weighted by molar-refractivity contribution is -0.134. The van der Waals surface area contributed by atoms with Crippen LogP contribution in [0.3, 0.4) is 0 Å². The molecule has 1 saturated carbocycles. The summed E-state index contributed by atoms with van der Waals surface area (Å²) in [6.07, 6.45) is 9.34. The minimum atomic E-state index is -0.385. The van der Waals surface area contributed by atoms with Gasteiger partial charge in [-0.3, -0.25) is 0 Å². The molecule has 1 N–H and O–H groups in total. The molecule has 1 aromatic rings. The zero-order valence-corrected chi connectivity index (χ0v) is 13.3. The largest absolute Gasteiger partial charge is 0.507 e. The Morgan fingerprint density at radius 2 is 1.86 bits per heavy atom. The third-order valence-electron chi connectivity index (χ3n) is 4.42. The van der Waals surface area contributed by atoms with E-state index in [1.54, 1.807) is 18.2 Å². The Hall–Kier alpha value is -2.03. The van der Waals surface area contributed by atoms with Crippen LogP contribution in [0.15, 0.2) is 42.0 Å². The molecule has 2 rings (SSSR count). The molecule has 1 fully saturated rings.